The van der Waals surface area contributed by atoms with Gasteiger partial charge < -0.3 is 10.1 Å². The number of benzene rings is 1. The number of hydrogen-bond donors (Lipinski definition) is 1. The maximum atomic E-state index is 5.86. The molecule has 0 saturated heterocycles. The predicted molar refractivity (Wildman–Crippen MR) is 77.8 cm³/mol. The first-order valence-electron chi connectivity index (χ1n) is 6.36. The van der Waals surface area contributed by atoms with E-state index in [1.807, 2.05) is 36.5 Å². The molecule has 100 valence electrons. The van der Waals surface area contributed by atoms with Crippen LogP contribution in [0.5, 0.6) is 11.5 Å². The molecule has 19 heavy (non-hydrogen) atoms. The molecule has 2 aromatic rings. The second kappa shape index (κ2) is 7.12. The van der Waals surface area contributed by atoms with Gasteiger partial charge in [0.25, 0.3) is 0 Å². The van der Waals surface area contributed by atoms with Crippen molar-refractivity contribution in [3.8, 4) is 11.5 Å². The minimum atomic E-state index is 0.701. The van der Waals surface area contributed by atoms with Crippen molar-refractivity contribution in [3.63, 3.8) is 0 Å². The molecule has 0 amide bonds. The lowest BCUT2D eigenvalue weighted by molar-refractivity contribution is 0.471. The van der Waals surface area contributed by atoms with Gasteiger partial charge in [0.2, 0.25) is 0 Å². The Kier molecular flexibility index (Phi) is 5.19. The summed E-state index contributed by atoms with van der Waals surface area (Å²) in [7, 11) is 0. The highest BCUT2D eigenvalue weighted by atomic mass is 35.5. The van der Waals surface area contributed by atoms with Gasteiger partial charge in [-0.1, -0.05) is 18.5 Å². The van der Waals surface area contributed by atoms with E-state index in [0.717, 1.165) is 36.6 Å². The van der Waals surface area contributed by atoms with Gasteiger partial charge in [-0.05, 0) is 43.3 Å². The zero-order valence-electron chi connectivity index (χ0n) is 10.9. The highest BCUT2D eigenvalue weighted by Gasteiger charge is 2.04. The molecule has 0 spiro atoms. The normalized spacial score (nSPS) is 10.4. The van der Waals surface area contributed by atoms with E-state index in [1.165, 1.54) is 0 Å². The summed E-state index contributed by atoms with van der Waals surface area (Å²) in [4.78, 5) is 4.14. The van der Waals surface area contributed by atoms with Crippen molar-refractivity contribution in [2.75, 3.05) is 6.54 Å². The molecule has 0 fully saturated rings. The van der Waals surface area contributed by atoms with Crippen LogP contribution in [0.3, 0.4) is 0 Å². The summed E-state index contributed by atoms with van der Waals surface area (Å²) >= 11 is 5.85. The molecule has 1 heterocycles. The molecule has 1 aromatic carbocycles. The van der Waals surface area contributed by atoms with Crippen LogP contribution in [0.15, 0.2) is 42.7 Å². The fourth-order valence-corrected chi connectivity index (χ4v) is 1.80. The van der Waals surface area contributed by atoms with E-state index >= 15 is 0 Å². The van der Waals surface area contributed by atoms with Crippen molar-refractivity contribution in [3.05, 3.63) is 53.3 Å². The fraction of sp³-hybridized carbons (Fsp3) is 0.267. The van der Waals surface area contributed by atoms with Crippen molar-refractivity contribution in [1.82, 2.24) is 10.3 Å². The molecule has 0 unspecified atom stereocenters. The molecule has 0 atom stereocenters. The second-order valence-electron chi connectivity index (χ2n) is 4.22. The Morgan fingerprint density at radius 2 is 2.00 bits per heavy atom. The first-order valence-corrected chi connectivity index (χ1v) is 6.74. The van der Waals surface area contributed by atoms with Crippen LogP contribution in [0, 0.1) is 0 Å². The standard InChI is InChI=1S/C15H17ClN2O/c1-2-8-17-10-12-11-18-9-7-15(12)19-14-5-3-13(16)4-6-14/h3-7,9,11,17H,2,8,10H2,1H3. The maximum Gasteiger partial charge on any atom is 0.134 e. The molecular formula is C15H17ClN2O. The summed E-state index contributed by atoms with van der Waals surface area (Å²) < 4.78 is 5.86. The number of halogens is 1. The Labute approximate surface area is 118 Å². The van der Waals surface area contributed by atoms with Crippen LogP contribution in [-0.4, -0.2) is 11.5 Å². The van der Waals surface area contributed by atoms with E-state index in [9.17, 15) is 0 Å². The lowest BCUT2D eigenvalue weighted by Gasteiger charge is -2.11. The molecule has 3 nitrogen and oxygen atoms in total. The molecule has 0 saturated carbocycles. The third-order valence-corrected chi connectivity index (χ3v) is 2.89. The summed E-state index contributed by atoms with van der Waals surface area (Å²) in [5.41, 5.74) is 1.05. The van der Waals surface area contributed by atoms with E-state index in [4.69, 9.17) is 16.3 Å². The first kappa shape index (κ1) is 13.8. The lowest BCUT2D eigenvalue weighted by atomic mass is 10.2. The molecule has 1 aromatic heterocycles. The number of rotatable bonds is 6. The van der Waals surface area contributed by atoms with Gasteiger partial charge in [0, 0.05) is 29.5 Å². The monoisotopic (exact) mass is 276 g/mol. The van der Waals surface area contributed by atoms with Crippen LogP contribution in [0.25, 0.3) is 0 Å². The molecule has 0 aliphatic heterocycles. The highest BCUT2D eigenvalue weighted by Crippen LogP contribution is 2.25. The van der Waals surface area contributed by atoms with E-state index in [0.29, 0.717) is 5.02 Å². The lowest BCUT2D eigenvalue weighted by Crippen LogP contribution is -2.14. The van der Waals surface area contributed by atoms with E-state index < -0.39 is 0 Å². The number of ether oxygens (including phenoxy) is 1. The number of aromatic nitrogens is 1. The average Bonchev–Trinajstić information content (AvgIpc) is 2.43. The van der Waals surface area contributed by atoms with Crippen molar-refractivity contribution in [2.45, 2.75) is 19.9 Å². The largest absolute Gasteiger partial charge is 0.457 e. The van der Waals surface area contributed by atoms with Crippen molar-refractivity contribution in [1.29, 1.82) is 0 Å². The number of hydrogen-bond acceptors (Lipinski definition) is 3. The number of nitrogens with one attached hydrogen (secondary N) is 1. The summed E-state index contributed by atoms with van der Waals surface area (Å²) in [6.45, 7) is 3.88. The topological polar surface area (TPSA) is 34.2 Å². The highest BCUT2D eigenvalue weighted by molar-refractivity contribution is 6.30. The minimum Gasteiger partial charge on any atom is -0.457 e. The average molecular weight is 277 g/mol. The van der Waals surface area contributed by atoms with Crippen LogP contribution in [0.2, 0.25) is 5.02 Å². The van der Waals surface area contributed by atoms with Crippen LogP contribution in [0.4, 0.5) is 0 Å². The molecule has 1 N–H and O–H groups in total. The van der Waals surface area contributed by atoms with Crippen molar-refractivity contribution in [2.24, 2.45) is 0 Å². The Morgan fingerprint density at radius 3 is 2.74 bits per heavy atom. The Hall–Kier alpha value is -1.58. The van der Waals surface area contributed by atoms with Crippen LogP contribution in [0.1, 0.15) is 18.9 Å². The van der Waals surface area contributed by atoms with E-state index in [-0.39, 0.29) is 0 Å². The molecule has 4 heteroatoms. The summed E-state index contributed by atoms with van der Waals surface area (Å²) in [5, 5.41) is 4.05. The summed E-state index contributed by atoms with van der Waals surface area (Å²) in [6, 6.07) is 9.20. The molecule has 2 rings (SSSR count). The molecule has 0 radical (unpaired) electrons. The third-order valence-electron chi connectivity index (χ3n) is 2.64. The first-order chi connectivity index (χ1) is 9.29. The zero-order chi connectivity index (χ0) is 13.5. The number of nitrogens with zero attached hydrogens (tertiary/aromatic N) is 1. The predicted octanol–water partition coefficient (Wildman–Crippen LogP) is 4.03. The second-order valence-corrected chi connectivity index (χ2v) is 4.65. The van der Waals surface area contributed by atoms with Gasteiger partial charge in [0.05, 0.1) is 0 Å². The molecule has 0 aliphatic carbocycles. The van der Waals surface area contributed by atoms with Gasteiger partial charge in [0.1, 0.15) is 11.5 Å². The minimum absolute atomic E-state index is 0.701. The maximum absolute atomic E-state index is 5.86. The van der Waals surface area contributed by atoms with Gasteiger partial charge in [-0.3, -0.25) is 4.98 Å². The van der Waals surface area contributed by atoms with Crippen LogP contribution < -0.4 is 10.1 Å². The Morgan fingerprint density at radius 1 is 1.21 bits per heavy atom. The van der Waals surface area contributed by atoms with Crippen molar-refractivity contribution < 1.29 is 4.74 Å². The van der Waals surface area contributed by atoms with Gasteiger partial charge in [-0.2, -0.15) is 0 Å². The van der Waals surface area contributed by atoms with Crippen LogP contribution >= 0.6 is 11.6 Å². The number of pyridine rings is 1. The van der Waals surface area contributed by atoms with Crippen molar-refractivity contribution >= 4 is 11.6 Å². The quantitative estimate of drug-likeness (QED) is 0.809. The van der Waals surface area contributed by atoms with Gasteiger partial charge in [-0.15, -0.1) is 0 Å². The van der Waals surface area contributed by atoms with E-state index in [2.05, 4.69) is 17.2 Å². The molecule has 0 bridgehead atoms. The van der Waals surface area contributed by atoms with Gasteiger partial charge >= 0.3 is 0 Å². The smallest absolute Gasteiger partial charge is 0.134 e. The SMILES string of the molecule is CCCNCc1cnccc1Oc1ccc(Cl)cc1. The zero-order valence-corrected chi connectivity index (χ0v) is 11.7. The molecular weight excluding hydrogens is 260 g/mol. The molecule has 0 aliphatic rings. The van der Waals surface area contributed by atoms with Crippen LogP contribution in [-0.2, 0) is 6.54 Å². The van der Waals surface area contributed by atoms with Gasteiger partial charge in [-0.25, -0.2) is 0 Å². The fourth-order valence-electron chi connectivity index (χ4n) is 1.68. The summed E-state index contributed by atoms with van der Waals surface area (Å²) in [6.07, 6.45) is 4.66. The Bertz CT molecular complexity index is 514. The van der Waals surface area contributed by atoms with E-state index in [1.54, 1.807) is 6.20 Å². The summed E-state index contributed by atoms with van der Waals surface area (Å²) in [5.74, 6) is 1.59. The third kappa shape index (κ3) is 4.23. The Balaban J connectivity index is 2.08. The van der Waals surface area contributed by atoms with Gasteiger partial charge in [0.15, 0.2) is 0 Å².